The number of sulfone groups is 1. The number of rotatable bonds is 6. The van der Waals surface area contributed by atoms with Crippen LogP contribution in [0.15, 0.2) is 24.3 Å². The molecule has 0 spiro atoms. The van der Waals surface area contributed by atoms with Gasteiger partial charge in [-0.25, -0.2) is 13.2 Å². The van der Waals surface area contributed by atoms with Gasteiger partial charge >= 0.3 is 17.8 Å². The molecule has 0 bridgehead atoms. The number of para-hydroxylation sites is 1. The first-order chi connectivity index (χ1) is 13.1. The average Bonchev–Trinajstić information content (AvgIpc) is 3.00. The van der Waals surface area contributed by atoms with E-state index in [1.807, 2.05) is 19.0 Å². The Morgan fingerprint density at radius 1 is 1.18 bits per heavy atom. The molecule has 9 nitrogen and oxygen atoms in total. The van der Waals surface area contributed by atoms with Crippen LogP contribution in [-0.4, -0.2) is 87.8 Å². The lowest BCUT2D eigenvalue weighted by Crippen LogP contribution is -2.49. The molecule has 154 valence electrons. The van der Waals surface area contributed by atoms with Gasteiger partial charge in [0.05, 0.1) is 29.9 Å². The predicted octanol–water partition coefficient (Wildman–Crippen LogP) is -0.0110. The van der Waals surface area contributed by atoms with Crippen molar-refractivity contribution in [1.29, 1.82) is 0 Å². The van der Waals surface area contributed by atoms with Crippen LogP contribution in [0.1, 0.15) is 16.8 Å². The summed E-state index contributed by atoms with van der Waals surface area (Å²) in [6, 6.07) is 5.64. The quantitative estimate of drug-likeness (QED) is 0.517. The highest BCUT2D eigenvalue weighted by Gasteiger charge is 2.36. The molecule has 1 saturated heterocycles. The van der Waals surface area contributed by atoms with Crippen molar-refractivity contribution >= 4 is 33.3 Å². The number of nitrogens with zero attached hydrogens (tertiary/aromatic N) is 2. The van der Waals surface area contributed by atoms with Crippen LogP contribution in [0.2, 0.25) is 0 Å². The van der Waals surface area contributed by atoms with Gasteiger partial charge in [-0.1, -0.05) is 12.1 Å². The van der Waals surface area contributed by atoms with E-state index in [0.717, 1.165) is 0 Å². The largest absolute Gasteiger partial charge is 0.465 e. The lowest BCUT2D eigenvalue weighted by Gasteiger charge is -2.29. The lowest BCUT2D eigenvalue weighted by molar-refractivity contribution is -0.144. The molecule has 1 fully saturated rings. The van der Waals surface area contributed by atoms with Gasteiger partial charge in [0.15, 0.2) is 9.84 Å². The summed E-state index contributed by atoms with van der Waals surface area (Å²) < 4.78 is 28.3. The summed E-state index contributed by atoms with van der Waals surface area (Å²) in [5.74, 6) is -2.56. The van der Waals surface area contributed by atoms with Crippen LogP contribution in [0.25, 0.3) is 0 Å². The van der Waals surface area contributed by atoms with Crippen LogP contribution in [0.4, 0.5) is 5.69 Å². The highest BCUT2D eigenvalue weighted by atomic mass is 32.2. The molecule has 1 N–H and O–H groups in total. The topological polar surface area (TPSA) is 113 Å². The summed E-state index contributed by atoms with van der Waals surface area (Å²) in [5.41, 5.74) is 0.272. The van der Waals surface area contributed by atoms with Crippen molar-refractivity contribution in [1.82, 2.24) is 9.80 Å². The number of hydrogen-bond donors (Lipinski definition) is 1. The van der Waals surface area contributed by atoms with Crippen LogP contribution in [0, 0.1) is 0 Å². The summed E-state index contributed by atoms with van der Waals surface area (Å²) in [4.78, 5) is 40.3. The Morgan fingerprint density at radius 2 is 1.86 bits per heavy atom. The molecule has 1 aliphatic heterocycles. The first-order valence-corrected chi connectivity index (χ1v) is 10.6. The van der Waals surface area contributed by atoms with E-state index in [-0.39, 0.29) is 29.3 Å². The molecule has 2 rings (SSSR count). The van der Waals surface area contributed by atoms with E-state index in [1.165, 1.54) is 24.1 Å². The number of benzene rings is 1. The van der Waals surface area contributed by atoms with Crippen LogP contribution in [-0.2, 0) is 24.2 Å². The van der Waals surface area contributed by atoms with Crippen molar-refractivity contribution in [3.8, 4) is 0 Å². The fourth-order valence-corrected chi connectivity index (χ4v) is 4.70. The zero-order valence-electron chi connectivity index (χ0n) is 16.2. The van der Waals surface area contributed by atoms with Gasteiger partial charge in [0.2, 0.25) is 0 Å². The molecule has 1 aromatic rings. The van der Waals surface area contributed by atoms with E-state index < -0.39 is 33.7 Å². The fourth-order valence-electron chi connectivity index (χ4n) is 2.97. The maximum absolute atomic E-state index is 12.8. The number of likely N-dealkylation sites (N-methyl/N-ethyl adjacent to an activating group) is 1. The smallest absolute Gasteiger partial charge is 0.339 e. The second-order valence-electron chi connectivity index (χ2n) is 6.85. The van der Waals surface area contributed by atoms with Crippen molar-refractivity contribution in [2.45, 2.75) is 12.5 Å². The number of esters is 1. The summed E-state index contributed by atoms with van der Waals surface area (Å²) >= 11 is 0. The minimum Gasteiger partial charge on any atom is -0.465 e. The molecule has 0 radical (unpaired) electrons. The number of amides is 2. The summed E-state index contributed by atoms with van der Waals surface area (Å²) in [6.45, 7) is 0.701. The first-order valence-electron chi connectivity index (χ1n) is 8.79. The van der Waals surface area contributed by atoms with E-state index in [2.05, 4.69) is 10.1 Å². The van der Waals surface area contributed by atoms with Crippen molar-refractivity contribution in [2.75, 3.05) is 51.1 Å². The average molecular weight is 411 g/mol. The maximum atomic E-state index is 12.8. The second kappa shape index (κ2) is 9.16. The second-order valence-corrected chi connectivity index (χ2v) is 9.08. The van der Waals surface area contributed by atoms with Gasteiger partial charge in [0, 0.05) is 19.1 Å². The molecule has 0 aliphatic carbocycles. The van der Waals surface area contributed by atoms with Gasteiger partial charge in [0.25, 0.3) is 0 Å². The molecule has 1 unspecified atom stereocenters. The Hall–Kier alpha value is -2.46. The Bertz CT molecular complexity index is 853. The predicted molar refractivity (Wildman–Crippen MR) is 104 cm³/mol. The molecule has 1 atom stereocenters. The SMILES string of the molecule is COC(=O)c1ccccc1NC(=O)C(=O)N(CCN(C)C)C1CCS(=O)(=O)C1. The van der Waals surface area contributed by atoms with Gasteiger partial charge in [-0.05, 0) is 32.6 Å². The molecular formula is C18H25N3O6S. The minimum absolute atomic E-state index is 0.00377. The number of anilines is 1. The molecule has 1 heterocycles. The third-order valence-electron chi connectivity index (χ3n) is 4.47. The normalized spacial score (nSPS) is 17.9. The van der Waals surface area contributed by atoms with Crippen molar-refractivity contribution in [2.24, 2.45) is 0 Å². The summed E-state index contributed by atoms with van der Waals surface area (Å²) in [6.07, 6.45) is 0.299. The third kappa shape index (κ3) is 5.52. The maximum Gasteiger partial charge on any atom is 0.339 e. The van der Waals surface area contributed by atoms with Crippen LogP contribution < -0.4 is 5.32 Å². The molecule has 2 amide bonds. The van der Waals surface area contributed by atoms with E-state index in [0.29, 0.717) is 13.0 Å². The molecule has 10 heteroatoms. The number of methoxy groups -OCH3 is 1. The zero-order chi connectivity index (χ0) is 20.9. The lowest BCUT2D eigenvalue weighted by atomic mass is 10.1. The van der Waals surface area contributed by atoms with Gasteiger partial charge in [-0.15, -0.1) is 0 Å². The van der Waals surface area contributed by atoms with Gasteiger partial charge in [0.1, 0.15) is 0 Å². The summed E-state index contributed by atoms with van der Waals surface area (Å²) in [7, 11) is 1.64. The minimum atomic E-state index is -3.22. The molecule has 28 heavy (non-hydrogen) atoms. The van der Waals surface area contributed by atoms with Crippen LogP contribution >= 0.6 is 0 Å². The summed E-state index contributed by atoms with van der Waals surface area (Å²) in [5, 5.41) is 2.44. The fraction of sp³-hybridized carbons (Fsp3) is 0.500. The van der Waals surface area contributed by atoms with Gasteiger partial charge in [-0.2, -0.15) is 0 Å². The molecule has 0 saturated carbocycles. The van der Waals surface area contributed by atoms with E-state index >= 15 is 0 Å². The van der Waals surface area contributed by atoms with Crippen molar-refractivity contribution in [3.63, 3.8) is 0 Å². The molecular weight excluding hydrogens is 386 g/mol. The number of carbonyl (C=O) groups excluding carboxylic acids is 3. The van der Waals surface area contributed by atoms with Crippen LogP contribution in [0.5, 0.6) is 0 Å². The van der Waals surface area contributed by atoms with E-state index in [9.17, 15) is 22.8 Å². The van der Waals surface area contributed by atoms with E-state index in [4.69, 9.17) is 0 Å². The monoisotopic (exact) mass is 411 g/mol. The molecule has 0 aromatic heterocycles. The number of ether oxygens (including phenoxy) is 1. The number of hydrogen-bond acceptors (Lipinski definition) is 7. The Kier molecular flexibility index (Phi) is 7.14. The first kappa shape index (κ1) is 21.8. The zero-order valence-corrected chi connectivity index (χ0v) is 17.0. The van der Waals surface area contributed by atoms with E-state index in [1.54, 1.807) is 12.1 Å². The Morgan fingerprint density at radius 3 is 2.43 bits per heavy atom. The third-order valence-corrected chi connectivity index (χ3v) is 6.22. The Labute approximate surface area is 164 Å². The number of carbonyl (C=O) groups is 3. The van der Waals surface area contributed by atoms with Gasteiger partial charge < -0.3 is 19.9 Å². The number of nitrogens with one attached hydrogen (secondary N) is 1. The van der Waals surface area contributed by atoms with Crippen LogP contribution in [0.3, 0.4) is 0 Å². The molecule has 1 aliphatic rings. The highest BCUT2D eigenvalue weighted by molar-refractivity contribution is 7.91. The highest BCUT2D eigenvalue weighted by Crippen LogP contribution is 2.20. The van der Waals surface area contributed by atoms with Crippen molar-refractivity contribution in [3.05, 3.63) is 29.8 Å². The molecule has 1 aromatic carbocycles. The Balaban J connectivity index is 2.19. The standard InChI is InChI=1S/C18H25N3O6S/c1-20(2)9-10-21(13-8-11-28(25,26)12-13)17(23)16(22)19-15-7-5-4-6-14(15)18(24)27-3/h4-7,13H,8-12H2,1-3H3,(H,19,22). The van der Waals surface area contributed by atoms with Crippen molar-refractivity contribution < 1.29 is 27.5 Å². The van der Waals surface area contributed by atoms with Gasteiger partial charge in [-0.3, -0.25) is 9.59 Å².